The number of rotatable bonds is 5. The van der Waals surface area contributed by atoms with Gasteiger partial charge in [-0.25, -0.2) is 9.78 Å². The van der Waals surface area contributed by atoms with Crippen LogP contribution in [-0.4, -0.2) is 39.2 Å². The number of benzene rings is 2. The van der Waals surface area contributed by atoms with Crippen molar-refractivity contribution < 1.29 is 19.1 Å². The minimum atomic E-state index is -0.596. The Balaban J connectivity index is 1.54. The van der Waals surface area contributed by atoms with Crippen molar-refractivity contribution in [2.75, 3.05) is 17.2 Å². The number of amides is 2. The number of carbonyl (C=O) groups excluding carboxylic acids is 3. The number of pyridine rings is 1. The van der Waals surface area contributed by atoms with Crippen molar-refractivity contribution in [3.05, 3.63) is 77.0 Å². The molecule has 4 aromatic rings. The molecule has 2 aromatic carbocycles. The van der Waals surface area contributed by atoms with Crippen LogP contribution in [0.4, 0.5) is 11.5 Å². The van der Waals surface area contributed by atoms with Gasteiger partial charge in [0, 0.05) is 23.1 Å². The molecule has 1 aliphatic rings. The van der Waals surface area contributed by atoms with Crippen molar-refractivity contribution in [1.29, 1.82) is 0 Å². The summed E-state index contributed by atoms with van der Waals surface area (Å²) in [6.45, 7) is 3.86. The summed E-state index contributed by atoms with van der Waals surface area (Å²) in [5.74, 6) is -0.419. The van der Waals surface area contributed by atoms with Gasteiger partial charge in [0.2, 0.25) is 5.91 Å². The van der Waals surface area contributed by atoms with Crippen LogP contribution in [0.15, 0.2) is 54.7 Å². The topological polar surface area (TPSA) is 115 Å². The van der Waals surface area contributed by atoms with E-state index in [2.05, 4.69) is 15.7 Å². The van der Waals surface area contributed by atoms with Gasteiger partial charge in [0.15, 0.2) is 11.6 Å². The highest BCUT2D eigenvalue weighted by atomic mass is 16.5. The van der Waals surface area contributed by atoms with E-state index >= 15 is 0 Å². The van der Waals surface area contributed by atoms with Crippen molar-refractivity contribution >= 4 is 40.2 Å². The van der Waals surface area contributed by atoms with Crippen molar-refractivity contribution in [1.82, 2.24) is 14.8 Å². The molecule has 9 nitrogen and oxygen atoms in total. The molecule has 0 bridgehead atoms. The van der Waals surface area contributed by atoms with Gasteiger partial charge < -0.3 is 15.4 Å². The zero-order valence-corrected chi connectivity index (χ0v) is 20.0. The van der Waals surface area contributed by atoms with Gasteiger partial charge >= 0.3 is 5.97 Å². The molecule has 1 aliphatic heterocycles. The molecule has 9 heteroatoms. The molecule has 0 saturated heterocycles. The number of nitrogens with zero attached hydrogens (tertiary/aromatic N) is 3. The molecule has 0 unspecified atom stereocenters. The van der Waals surface area contributed by atoms with Crippen LogP contribution in [0.1, 0.15) is 51.6 Å². The SMILES string of the molecule is CCOC(=O)c1cnn(-c2cc(C)c3ccccc3n2)c1NC(=O)c1ccc2c(c1)CCCC(=O)N2. The van der Waals surface area contributed by atoms with Crippen LogP contribution in [0.5, 0.6) is 0 Å². The number of aromatic nitrogens is 3. The fourth-order valence-corrected chi connectivity index (χ4v) is 4.34. The Morgan fingerprint density at radius 1 is 1.14 bits per heavy atom. The first-order valence-corrected chi connectivity index (χ1v) is 11.8. The Kier molecular flexibility index (Phi) is 6.20. The van der Waals surface area contributed by atoms with E-state index in [-0.39, 0.29) is 23.9 Å². The number of esters is 1. The molecule has 2 amide bonds. The minimum absolute atomic E-state index is 0.0351. The maximum absolute atomic E-state index is 13.3. The van der Waals surface area contributed by atoms with Crippen LogP contribution >= 0.6 is 0 Å². The fourth-order valence-electron chi connectivity index (χ4n) is 4.34. The van der Waals surface area contributed by atoms with Crippen LogP contribution in [0, 0.1) is 6.92 Å². The van der Waals surface area contributed by atoms with Gasteiger partial charge in [0.1, 0.15) is 5.56 Å². The van der Waals surface area contributed by atoms with E-state index in [9.17, 15) is 14.4 Å². The summed E-state index contributed by atoms with van der Waals surface area (Å²) in [6.07, 6.45) is 3.20. The summed E-state index contributed by atoms with van der Waals surface area (Å²) in [6, 6.07) is 14.7. The van der Waals surface area contributed by atoms with Gasteiger partial charge in [-0.15, -0.1) is 0 Å². The predicted molar refractivity (Wildman–Crippen MR) is 136 cm³/mol. The third-order valence-electron chi connectivity index (χ3n) is 6.11. The fraction of sp³-hybridized carbons (Fsp3) is 0.222. The lowest BCUT2D eigenvalue weighted by Gasteiger charge is -2.13. The number of anilines is 2. The molecule has 0 fully saturated rings. The molecule has 182 valence electrons. The summed E-state index contributed by atoms with van der Waals surface area (Å²) < 4.78 is 6.63. The number of carbonyl (C=O) groups is 3. The second-order valence-corrected chi connectivity index (χ2v) is 8.58. The van der Waals surface area contributed by atoms with Crippen molar-refractivity contribution in [3.8, 4) is 5.82 Å². The van der Waals surface area contributed by atoms with E-state index in [1.807, 2.05) is 37.3 Å². The molecular formula is C27H25N5O4. The minimum Gasteiger partial charge on any atom is -0.462 e. The highest BCUT2D eigenvalue weighted by Gasteiger charge is 2.24. The Bertz CT molecular complexity index is 1510. The average molecular weight is 484 g/mol. The summed E-state index contributed by atoms with van der Waals surface area (Å²) >= 11 is 0. The van der Waals surface area contributed by atoms with Gasteiger partial charge in [-0.1, -0.05) is 18.2 Å². The van der Waals surface area contributed by atoms with E-state index in [1.54, 1.807) is 25.1 Å². The maximum Gasteiger partial charge on any atom is 0.343 e. The van der Waals surface area contributed by atoms with Gasteiger partial charge in [0.25, 0.3) is 5.91 Å². The van der Waals surface area contributed by atoms with Crippen LogP contribution in [-0.2, 0) is 16.0 Å². The summed E-state index contributed by atoms with van der Waals surface area (Å²) in [7, 11) is 0. The molecule has 0 atom stereocenters. The van der Waals surface area contributed by atoms with Crippen molar-refractivity contribution in [2.24, 2.45) is 0 Å². The first kappa shape index (κ1) is 23.2. The van der Waals surface area contributed by atoms with E-state index in [1.165, 1.54) is 10.9 Å². The zero-order valence-electron chi connectivity index (χ0n) is 20.0. The van der Waals surface area contributed by atoms with Crippen molar-refractivity contribution in [3.63, 3.8) is 0 Å². The van der Waals surface area contributed by atoms with E-state index in [4.69, 9.17) is 9.72 Å². The molecule has 0 saturated carbocycles. The van der Waals surface area contributed by atoms with Crippen LogP contribution in [0.2, 0.25) is 0 Å². The molecule has 0 spiro atoms. The van der Waals surface area contributed by atoms with Gasteiger partial charge in [-0.3, -0.25) is 9.59 Å². The molecular weight excluding hydrogens is 458 g/mol. The monoisotopic (exact) mass is 483 g/mol. The Labute approximate surface area is 207 Å². The van der Waals surface area contributed by atoms with Crippen LogP contribution in [0.3, 0.4) is 0 Å². The van der Waals surface area contributed by atoms with E-state index in [0.29, 0.717) is 36.3 Å². The zero-order chi connectivity index (χ0) is 25.2. The summed E-state index contributed by atoms with van der Waals surface area (Å²) in [5, 5.41) is 11.1. The second-order valence-electron chi connectivity index (χ2n) is 8.58. The third-order valence-corrected chi connectivity index (χ3v) is 6.11. The van der Waals surface area contributed by atoms with E-state index < -0.39 is 11.9 Å². The van der Waals surface area contributed by atoms with Crippen LogP contribution < -0.4 is 10.6 Å². The molecule has 2 aromatic heterocycles. The third kappa shape index (κ3) is 4.43. The first-order valence-electron chi connectivity index (χ1n) is 11.8. The molecule has 0 radical (unpaired) electrons. The van der Waals surface area contributed by atoms with Gasteiger partial charge in [-0.05, 0) is 68.1 Å². The first-order chi connectivity index (χ1) is 17.4. The quantitative estimate of drug-likeness (QED) is 0.406. The largest absolute Gasteiger partial charge is 0.462 e. The smallest absolute Gasteiger partial charge is 0.343 e. The van der Waals surface area contributed by atoms with Crippen LogP contribution in [0.25, 0.3) is 16.7 Å². The maximum atomic E-state index is 13.3. The lowest BCUT2D eigenvalue weighted by molar-refractivity contribution is -0.116. The molecule has 0 aliphatic carbocycles. The summed E-state index contributed by atoms with van der Waals surface area (Å²) in [4.78, 5) is 42.6. The number of ether oxygens (including phenoxy) is 1. The Hall–Kier alpha value is -4.53. The van der Waals surface area contributed by atoms with Crippen molar-refractivity contribution in [2.45, 2.75) is 33.1 Å². The number of hydrogen-bond donors (Lipinski definition) is 2. The predicted octanol–water partition coefficient (Wildman–Crippen LogP) is 4.43. The Morgan fingerprint density at radius 3 is 2.81 bits per heavy atom. The average Bonchev–Trinajstić information content (AvgIpc) is 3.18. The lowest BCUT2D eigenvalue weighted by atomic mass is 10.0. The number of hydrogen-bond acceptors (Lipinski definition) is 6. The summed E-state index contributed by atoms with van der Waals surface area (Å²) in [5.41, 5.74) is 3.87. The molecule has 36 heavy (non-hydrogen) atoms. The number of fused-ring (bicyclic) bond motifs is 2. The highest BCUT2D eigenvalue weighted by Crippen LogP contribution is 2.27. The Morgan fingerprint density at radius 2 is 1.97 bits per heavy atom. The lowest BCUT2D eigenvalue weighted by Crippen LogP contribution is -2.19. The molecule has 2 N–H and O–H groups in total. The standard InChI is InChI=1S/C27H25N5O4/c1-3-36-27(35)20-15-28-32(23-13-16(2)19-8-4-5-9-22(19)29-23)25(20)31-26(34)18-11-12-21-17(14-18)7-6-10-24(33)30-21/h4-5,8-9,11-15H,3,6-7,10H2,1-2H3,(H,30,33)(H,31,34). The second kappa shape index (κ2) is 9.61. The molecule has 3 heterocycles. The highest BCUT2D eigenvalue weighted by molar-refractivity contribution is 6.08. The number of para-hydroxylation sites is 1. The number of nitrogens with one attached hydrogen (secondary N) is 2. The number of aryl methyl sites for hydroxylation is 2. The van der Waals surface area contributed by atoms with E-state index in [0.717, 1.165) is 22.0 Å². The normalized spacial score (nSPS) is 13.0. The molecule has 5 rings (SSSR count). The van der Waals surface area contributed by atoms with Gasteiger partial charge in [-0.2, -0.15) is 9.78 Å². The van der Waals surface area contributed by atoms with Gasteiger partial charge in [0.05, 0.1) is 18.3 Å².